The van der Waals surface area contributed by atoms with E-state index in [4.69, 9.17) is 14.6 Å². The van der Waals surface area contributed by atoms with E-state index >= 15 is 0 Å². The van der Waals surface area contributed by atoms with E-state index in [1.807, 2.05) is 0 Å². The third-order valence-corrected chi connectivity index (χ3v) is 2.82. The Balaban J connectivity index is 2.77. The summed E-state index contributed by atoms with van der Waals surface area (Å²) in [7, 11) is 2.99. The van der Waals surface area contributed by atoms with Crippen LogP contribution >= 0.6 is 0 Å². The van der Waals surface area contributed by atoms with Crippen LogP contribution < -0.4 is 14.8 Å². The molecule has 1 unspecified atom stereocenters. The summed E-state index contributed by atoms with van der Waals surface area (Å²) in [6.07, 6.45) is 0.379. The minimum Gasteiger partial charge on any atom is -0.497 e. The molecule has 0 radical (unpaired) electrons. The Bertz CT molecular complexity index is 486. The zero-order valence-electron chi connectivity index (χ0n) is 11.8. The second-order valence-corrected chi connectivity index (χ2v) is 4.37. The van der Waals surface area contributed by atoms with Crippen LogP contribution in [0.25, 0.3) is 0 Å². The normalized spacial score (nSPS) is 11.6. The number of aliphatic carboxylic acids is 1. The van der Waals surface area contributed by atoms with Crippen molar-refractivity contribution >= 4 is 11.9 Å². The first-order chi connectivity index (χ1) is 9.47. The molecule has 1 rings (SSSR count). The molecule has 0 aliphatic carbocycles. The minimum absolute atomic E-state index is 0.0106. The first-order valence-electron chi connectivity index (χ1n) is 6.22. The predicted octanol–water partition coefficient (Wildman–Crippen LogP) is 1.69. The van der Waals surface area contributed by atoms with Crippen LogP contribution in [0.5, 0.6) is 11.5 Å². The number of carboxylic acid groups (broad SMARTS) is 1. The lowest BCUT2D eigenvalue weighted by Gasteiger charge is -2.15. The highest BCUT2D eigenvalue weighted by Gasteiger charge is 2.16. The van der Waals surface area contributed by atoms with Crippen molar-refractivity contribution in [1.82, 2.24) is 5.32 Å². The molecule has 110 valence electrons. The molecule has 0 saturated carbocycles. The largest absolute Gasteiger partial charge is 0.497 e. The third kappa shape index (κ3) is 4.46. The van der Waals surface area contributed by atoms with Crippen LogP contribution in [0, 0.1) is 0 Å². The first kappa shape index (κ1) is 15.8. The molecule has 1 atom stereocenters. The number of rotatable bonds is 7. The summed E-state index contributed by atoms with van der Waals surface area (Å²) in [5.74, 6) is -0.216. The quantitative estimate of drug-likeness (QED) is 0.794. The second-order valence-electron chi connectivity index (χ2n) is 4.37. The maximum atomic E-state index is 12.2. The van der Waals surface area contributed by atoms with E-state index < -0.39 is 5.97 Å². The van der Waals surface area contributed by atoms with Crippen molar-refractivity contribution in [2.45, 2.75) is 25.8 Å². The summed E-state index contributed by atoms with van der Waals surface area (Å²) < 4.78 is 10.2. The molecule has 20 heavy (non-hydrogen) atoms. The molecule has 0 fully saturated rings. The van der Waals surface area contributed by atoms with Crippen LogP contribution in [-0.4, -0.2) is 37.2 Å². The average molecular weight is 281 g/mol. The Kier molecular flexibility index (Phi) is 5.83. The van der Waals surface area contributed by atoms with Gasteiger partial charge in [0.15, 0.2) is 0 Å². The lowest BCUT2D eigenvalue weighted by Crippen LogP contribution is -2.33. The highest BCUT2D eigenvalue weighted by Crippen LogP contribution is 2.23. The molecule has 0 spiro atoms. The van der Waals surface area contributed by atoms with Gasteiger partial charge in [0.1, 0.15) is 11.5 Å². The number of carbonyl (C=O) groups is 2. The topological polar surface area (TPSA) is 84.9 Å². The van der Waals surface area contributed by atoms with Crippen LogP contribution in [0.2, 0.25) is 0 Å². The smallest absolute Gasteiger partial charge is 0.303 e. The zero-order chi connectivity index (χ0) is 15.1. The van der Waals surface area contributed by atoms with E-state index in [1.165, 1.54) is 14.2 Å². The van der Waals surface area contributed by atoms with Crippen molar-refractivity contribution in [1.29, 1.82) is 0 Å². The van der Waals surface area contributed by atoms with Crippen molar-refractivity contribution in [3.05, 3.63) is 23.8 Å². The van der Waals surface area contributed by atoms with Crippen LogP contribution in [-0.2, 0) is 4.79 Å². The number of nitrogens with one attached hydrogen (secondary N) is 1. The third-order valence-electron chi connectivity index (χ3n) is 2.82. The van der Waals surface area contributed by atoms with Gasteiger partial charge >= 0.3 is 5.97 Å². The molecular formula is C14H19NO5. The van der Waals surface area contributed by atoms with Gasteiger partial charge in [0.05, 0.1) is 19.8 Å². The van der Waals surface area contributed by atoms with Crippen LogP contribution in [0.4, 0.5) is 0 Å². The van der Waals surface area contributed by atoms with E-state index in [0.717, 1.165) is 0 Å². The summed E-state index contributed by atoms with van der Waals surface area (Å²) >= 11 is 0. The number of carbonyl (C=O) groups excluding carboxylic acids is 1. The van der Waals surface area contributed by atoms with Crippen LogP contribution in [0.3, 0.4) is 0 Å². The predicted molar refractivity (Wildman–Crippen MR) is 73.3 cm³/mol. The molecule has 0 saturated heterocycles. The van der Waals surface area contributed by atoms with E-state index in [1.54, 1.807) is 25.1 Å². The number of hydrogen-bond acceptors (Lipinski definition) is 4. The van der Waals surface area contributed by atoms with Crippen molar-refractivity contribution in [2.75, 3.05) is 14.2 Å². The SMILES string of the molecule is COc1ccc(OC)c(C(=O)NC(C)CCC(=O)O)c1. The summed E-state index contributed by atoms with van der Waals surface area (Å²) in [6, 6.07) is 4.69. The Hall–Kier alpha value is -2.24. The molecule has 1 amide bonds. The molecular weight excluding hydrogens is 262 g/mol. The molecule has 6 nitrogen and oxygen atoms in total. The fourth-order valence-electron chi connectivity index (χ4n) is 1.71. The summed E-state index contributed by atoms with van der Waals surface area (Å²) in [6.45, 7) is 1.76. The molecule has 0 bridgehead atoms. The van der Waals surface area contributed by atoms with Crippen LogP contribution in [0.1, 0.15) is 30.1 Å². The van der Waals surface area contributed by atoms with Crippen molar-refractivity contribution in [3.63, 3.8) is 0 Å². The van der Waals surface area contributed by atoms with E-state index in [-0.39, 0.29) is 18.4 Å². The van der Waals surface area contributed by atoms with Crippen LogP contribution in [0.15, 0.2) is 18.2 Å². The fourth-order valence-corrected chi connectivity index (χ4v) is 1.71. The Morgan fingerprint density at radius 3 is 2.55 bits per heavy atom. The zero-order valence-corrected chi connectivity index (χ0v) is 11.8. The lowest BCUT2D eigenvalue weighted by molar-refractivity contribution is -0.137. The second kappa shape index (κ2) is 7.37. The van der Waals surface area contributed by atoms with Gasteiger partial charge in [-0.2, -0.15) is 0 Å². The number of amides is 1. The van der Waals surface area contributed by atoms with Gasteiger partial charge in [-0.3, -0.25) is 9.59 Å². The molecule has 0 aliphatic rings. The Morgan fingerprint density at radius 1 is 1.30 bits per heavy atom. The van der Waals surface area contributed by atoms with Crippen molar-refractivity contribution in [2.24, 2.45) is 0 Å². The number of ether oxygens (including phenoxy) is 2. The molecule has 6 heteroatoms. The Morgan fingerprint density at radius 2 is 2.00 bits per heavy atom. The van der Waals surface area contributed by atoms with Gasteiger partial charge < -0.3 is 19.9 Å². The molecule has 1 aromatic rings. The van der Waals surface area contributed by atoms with Gasteiger partial charge in [0, 0.05) is 12.5 Å². The minimum atomic E-state index is -0.884. The monoisotopic (exact) mass is 281 g/mol. The van der Waals surface area contributed by atoms with Gasteiger partial charge in [0.2, 0.25) is 0 Å². The van der Waals surface area contributed by atoms with Gasteiger partial charge in [-0.15, -0.1) is 0 Å². The summed E-state index contributed by atoms with van der Waals surface area (Å²) in [5.41, 5.74) is 0.356. The van der Waals surface area contributed by atoms with E-state index in [0.29, 0.717) is 23.5 Å². The standard InChI is InChI=1S/C14H19NO5/c1-9(4-7-13(16)17)15-14(18)11-8-10(19-2)5-6-12(11)20-3/h5-6,8-9H,4,7H2,1-3H3,(H,15,18)(H,16,17). The average Bonchev–Trinajstić information content (AvgIpc) is 2.44. The molecule has 0 aliphatic heterocycles. The number of carboxylic acids is 1. The van der Waals surface area contributed by atoms with E-state index in [2.05, 4.69) is 5.32 Å². The molecule has 1 aromatic carbocycles. The summed E-state index contributed by atoms with van der Waals surface area (Å²) in [5, 5.41) is 11.4. The lowest BCUT2D eigenvalue weighted by atomic mass is 10.1. The van der Waals surface area contributed by atoms with Gasteiger partial charge in [0.25, 0.3) is 5.91 Å². The molecule has 0 heterocycles. The maximum Gasteiger partial charge on any atom is 0.303 e. The Labute approximate surface area is 117 Å². The van der Waals surface area contributed by atoms with Crippen molar-refractivity contribution < 1.29 is 24.2 Å². The fraction of sp³-hybridized carbons (Fsp3) is 0.429. The number of methoxy groups -OCH3 is 2. The van der Waals surface area contributed by atoms with Crippen molar-refractivity contribution in [3.8, 4) is 11.5 Å². The first-order valence-corrected chi connectivity index (χ1v) is 6.22. The van der Waals surface area contributed by atoms with Gasteiger partial charge in [-0.05, 0) is 31.5 Å². The molecule has 2 N–H and O–H groups in total. The molecule has 0 aromatic heterocycles. The highest BCUT2D eigenvalue weighted by atomic mass is 16.5. The number of benzene rings is 1. The highest BCUT2D eigenvalue weighted by molar-refractivity contribution is 5.97. The maximum absolute atomic E-state index is 12.2. The van der Waals surface area contributed by atoms with E-state index in [9.17, 15) is 9.59 Å². The van der Waals surface area contributed by atoms with Gasteiger partial charge in [-0.1, -0.05) is 0 Å². The number of hydrogen-bond donors (Lipinski definition) is 2. The van der Waals surface area contributed by atoms with Gasteiger partial charge in [-0.25, -0.2) is 0 Å². The summed E-state index contributed by atoms with van der Waals surface area (Å²) in [4.78, 5) is 22.6.